The smallest absolute Gasteiger partial charge is 0.308 e. The highest BCUT2D eigenvalue weighted by Crippen LogP contribution is 2.26. The van der Waals surface area contributed by atoms with Gasteiger partial charge in [-0.05, 0) is 25.7 Å². The van der Waals surface area contributed by atoms with Crippen molar-refractivity contribution in [3.05, 3.63) is 0 Å². The van der Waals surface area contributed by atoms with E-state index in [-0.39, 0.29) is 5.97 Å². The molecule has 0 bridgehead atoms. The molecule has 0 saturated heterocycles. The van der Waals surface area contributed by atoms with Gasteiger partial charge in [-0.1, -0.05) is 19.3 Å². The number of carbonyl (C=O) groups excluding carboxylic acids is 1. The number of esters is 1. The van der Waals surface area contributed by atoms with Crippen molar-refractivity contribution in [2.24, 2.45) is 5.92 Å². The van der Waals surface area contributed by atoms with Crippen LogP contribution < -0.4 is 0 Å². The lowest BCUT2D eigenvalue weighted by Gasteiger charge is -2.20. The third kappa shape index (κ3) is 4.27. The van der Waals surface area contributed by atoms with E-state index in [0.29, 0.717) is 12.3 Å². The van der Waals surface area contributed by atoms with Crippen LogP contribution in [-0.2, 0) is 9.53 Å². The molecule has 0 aromatic carbocycles. The summed E-state index contributed by atoms with van der Waals surface area (Å²) in [5, 5.41) is 8.81. The van der Waals surface area contributed by atoms with Gasteiger partial charge in [-0.2, -0.15) is 0 Å². The van der Waals surface area contributed by atoms with Crippen LogP contribution in [0.2, 0.25) is 0 Å². The molecular weight excluding hydrogens is 168 g/mol. The van der Waals surface area contributed by atoms with E-state index < -0.39 is 6.29 Å². The van der Waals surface area contributed by atoms with Crippen LogP contribution in [0.5, 0.6) is 0 Å². The molecule has 1 saturated carbocycles. The second kappa shape index (κ2) is 5.22. The molecule has 1 atom stereocenters. The van der Waals surface area contributed by atoms with Crippen LogP contribution in [0.4, 0.5) is 0 Å². The van der Waals surface area contributed by atoms with Crippen molar-refractivity contribution < 1.29 is 14.6 Å². The first-order chi connectivity index (χ1) is 6.18. The van der Waals surface area contributed by atoms with Gasteiger partial charge >= 0.3 is 5.97 Å². The third-order valence-electron chi connectivity index (χ3n) is 2.48. The van der Waals surface area contributed by atoms with Crippen molar-refractivity contribution in [3.8, 4) is 0 Å². The van der Waals surface area contributed by atoms with Crippen LogP contribution >= 0.6 is 0 Å². The van der Waals surface area contributed by atoms with Crippen molar-refractivity contribution in [1.29, 1.82) is 0 Å². The maximum atomic E-state index is 11.1. The predicted molar refractivity (Wildman–Crippen MR) is 49.0 cm³/mol. The molecule has 1 aliphatic rings. The molecule has 3 heteroatoms. The Morgan fingerprint density at radius 2 is 2.08 bits per heavy atom. The van der Waals surface area contributed by atoms with Gasteiger partial charge in [0.25, 0.3) is 0 Å². The fraction of sp³-hybridized carbons (Fsp3) is 0.900. The first-order valence-corrected chi connectivity index (χ1v) is 5.06. The van der Waals surface area contributed by atoms with Crippen molar-refractivity contribution >= 4 is 5.97 Å². The summed E-state index contributed by atoms with van der Waals surface area (Å²) < 4.78 is 4.67. The lowest BCUT2D eigenvalue weighted by Crippen LogP contribution is -2.18. The average Bonchev–Trinajstić information content (AvgIpc) is 2.04. The summed E-state index contributed by atoms with van der Waals surface area (Å²) in [6, 6.07) is 0. The number of aliphatic hydroxyl groups excluding tert-OH is 1. The molecule has 1 N–H and O–H groups in total. The molecule has 13 heavy (non-hydrogen) atoms. The van der Waals surface area contributed by atoms with E-state index in [1.165, 1.54) is 26.2 Å². The number of hydrogen-bond acceptors (Lipinski definition) is 3. The summed E-state index contributed by atoms with van der Waals surface area (Å²) >= 11 is 0. The van der Waals surface area contributed by atoms with Gasteiger partial charge in [-0.25, -0.2) is 0 Å². The Balaban J connectivity index is 2.18. The van der Waals surface area contributed by atoms with E-state index in [1.807, 2.05) is 0 Å². The van der Waals surface area contributed by atoms with Crippen LogP contribution in [0.3, 0.4) is 0 Å². The molecule has 0 aromatic rings. The fourth-order valence-electron chi connectivity index (χ4n) is 1.87. The molecule has 0 radical (unpaired) electrons. The van der Waals surface area contributed by atoms with Gasteiger partial charge in [0, 0.05) is 6.42 Å². The minimum Gasteiger partial charge on any atom is -0.436 e. The van der Waals surface area contributed by atoms with E-state index in [2.05, 4.69) is 4.74 Å². The van der Waals surface area contributed by atoms with E-state index in [9.17, 15) is 4.79 Å². The average molecular weight is 186 g/mol. The molecule has 76 valence electrons. The van der Waals surface area contributed by atoms with Crippen molar-refractivity contribution in [1.82, 2.24) is 0 Å². The molecular formula is C10H18O3. The Bertz CT molecular complexity index is 160. The van der Waals surface area contributed by atoms with Gasteiger partial charge in [-0.15, -0.1) is 0 Å². The second-order valence-corrected chi connectivity index (χ2v) is 3.80. The van der Waals surface area contributed by atoms with Crippen molar-refractivity contribution in [2.75, 3.05) is 0 Å². The molecule has 0 heterocycles. The normalized spacial score (nSPS) is 21.1. The summed E-state index contributed by atoms with van der Waals surface area (Å²) in [7, 11) is 0. The van der Waals surface area contributed by atoms with Gasteiger partial charge in [0.2, 0.25) is 0 Å². The van der Waals surface area contributed by atoms with Crippen LogP contribution in [0.25, 0.3) is 0 Å². The maximum absolute atomic E-state index is 11.1. The van der Waals surface area contributed by atoms with E-state index in [1.54, 1.807) is 0 Å². The lowest BCUT2D eigenvalue weighted by molar-refractivity contribution is -0.166. The zero-order valence-electron chi connectivity index (χ0n) is 8.16. The quantitative estimate of drug-likeness (QED) is 0.540. The maximum Gasteiger partial charge on any atom is 0.308 e. The van der Waals surface area contributed by atoms with E-state index >= 15 is 0 Å². The highest BCUT2D eigenvalue weighted by Gasteiger charge is 2.18. The van der Waals surface area contributed by atoms with E-state index in [4.69, 9.17) is 5.11 Å². The lowest BCUT2D eigenvalue weighted by atomic mass is 9.87. The highest BCUT2D eigenvalue weighted by molar-refractivity contribution is 5.69. The zero-order chi connectivity index (χ0) is 9.68. The summed E-state index contributed by atoms with van der Waals surface area (Å²) in [6.07, 6.45) is 5.53. The van der Waals surface area contributed by atoms with Gasteiger partial charge < -0.3 is 9.84 Å². The van der Waals surface area contributed by atoms with Gasteiger partial charge in [-0.3, -0.25) is 4.79 Å². The predicted octanol–water partition coefficient (Wildman–Crippen LogP) is 1.84. The van der Waals surface area contributed by atoms with Gasteiger partial charge in [0.15, 0.2) is 6.29 Å². The first-order valence-electron chi connectivity index (χ1n) is 5.06. The molecule has 0 aromatic heterocycles. The Morgan fingerprint density at radius 1 is 1.46 bits per heavy atom. The molecule has 1 aliphatic carbocycles. The minimum atomic E-state index is -0.962. The zero-order valence-corrected chi connectivity index (χ0v) is 8.16. The number of ether oxygens (including phenoxy) is 1. The molecule has 0 amide bonds. The number of hydrogen-bond donors (Lipinski definition) is 1. The Labute approximate surface area is 79.1 Å². The van der Waals surface area contributed by atoms with Crippen LogP contribution in [0.1, 0.15) is 45.4 Å². The monoisotopic (exact) mass is 186 g/mol. The standard InChI is InChI=1S/C10H18O3/c1-8(11)13-10(12)7-9-5-3-2-4-6-9/h8-9,11H,2-7H2,1H3. The fourth-order valence-corrected chi connectivity index (χ4v) is 1.87. The summed E-state index contributed by atoms with van der Waals surface area (Å²) in [5.41, 5.74) is 0. The highest BCUT2D eigenvalue weighted by atomic mass is 16.6. The largest absolute Gasteiger partial charge is 0.436 e. The van der Waals surface area contributed by atoms with Crippen molar-refractivity contribution in [3.63, 3.8) is 0 Å². The first kappa shape index (κ1) is 10.5. The number of carbonyl (C=O) groups is 1. The molecule has 1 unspecified atom stereocenters. The third-order valence-corrected chi connectivity index (χ3v) is 2.48. The summed E-state index contributed by atoms with van der Waals surface area (Å²) in [4.78, 5) is 11.1. The molecule has 1 fully saturated rings. The molecule has 3 nitrogen and oxygen atoms in total. The minimum absolute atomic E-state index is 0.262. The SMILES string of the molecule is CC(O)OC(=O)CC1CCCCC1. The van der Waals surface area contributed by atoms with Gasteiger partial charge in [0.05, 0.1) is 0 Å². The molecule has 1 rings (SSSR count). The van der Waals surface area contributed by atoms with Gasteiger partial charge in [0.1, 0.15) is 0 Å². The topological polar surface area (TPSA) is 46.5 Å². The Kier molecular flexibility index (Phi) is 4.22. The number of rotatable bonds is 3. The summed E-state index contributed by atoms with van der Waals surface area (Å²) in [6.45, 7) is 1.46. The molecule has 0 aliphatic heterocycles. The Morgan fingerprint density at radius 3 is 2.62 bits per heavy atom. The molecule has 0 spiro atoms. The van der Waals surface area contributed by atoms with Crippen LogP contribution in [0, 0.1) is 5.92 Å². The van der Waals surface area contributed by atoms with Crippen LogP contribution in [0.15, 0.2) is 0 Å². The van der Waals surface area contributed by atoms with Crippen LogP contribution in [-0.4, -0.2) is 17.4 Å². The van der Waals surface area contributed by atoms with Crippen molar-refractivity contribution in [2.45, 2.75) is 51.7 Å². The Hall–Kier alpha value is -0.570. The number of aliphatic hydroxyl groups is 1. The summed E-state index contributed by atoms with van der Waals surface area (Å²) in [5.74, 6) is 0.224. The van der Waals surface area contributed by atoms with E-state index in [0.717, 1.165) is 12.8 Å². The second-order valence-electron chi connectivity index (χ2n) is 3.80.